The second-order valence-electron chi connectivity index (χ2n) is 24.5. The molecule has 0 aromatic rings. The first kappa shape index (κ1) is 90.2. The molecular weight excluding hydrogens is 1230 g/mol. The molecule has 94 heavy (non-hydrogen) atoms. The van der Waals surface area contributed by atoms with Gasteiger partial charge in [-0.05, 0) is 128 Å². The van der Waals surface area contributed by atoms with Crippen molar-refractivity contribution in [1.29, 1.82) is 0 Å². The fourth-order valence-corrected chi connectivity index (χ4v) is 11.2. The van der Waals surface area contributed by atoms with Crippen molar-refractivity contribution in [2.75, 3.05) is 39.6 Å². The number of rotatable bonds is 69. The minimum atomic E-state index is -4.98. The molecule has 0 heterocycles. The zero-order valence-corrected chi connectivity index (χ0v) is 60.9. The number of phosphoric ester groups is 2. The Labute approximate surface area is 570 Å². The first-order chi connectivity index (χ1) is 45.7. The number of esters is 4. The lowest BCUT2D eigenvalue weighted by atomic mass is 10.1. The average Bonchev–Trinajstić information content (AvgIpc) is 1.55. The summed E-state index contributed by atoms with van der Waals surface area (Å²) in [4.78, 5) is 72.7. The summed E-state index contributed by atoms with van der Waals surface area (Å²) in [6, 6.07) is 0. The number of ether oxygens (including phenoxy) is 4. The predicted molar refractivity (Wildman–Crippen MR) is 381 cm³/mol. The van der Waals surface area contributed by atoms with E-state index in [2.05, 4.69) is 113 Å². The molecule has 0 radical (unpaired) electrons. The highest BCUT2D eigenvalue weighted by Crippen LogP contribution is 2.45. The molecule has 0 amide bonds. The van der Waals surface area contributed by atoms with Gasteiger partial charge in [0.1, 0.15) is 19.3 Å². The van der Waals surface area contributed by atoms with Gasteiger partial charge < -0.3 is 33.8 Å². The van der Waals surface area contributed by atoms with Gasteiger partial charge in [-0.25, -0.2) is 9.13 Å². The summed E-state index contributed by atoms with van der Waals surface area (Å²) in [5, 5.41) is 10.6. The van der Waals surface area contributed by atoms with Crippen molar-refractivity contribution in [3.63, 3.8) is 0 Å². The Bertz CT molecular complexity index is 2120. The summed E-state index contributed by atoms with van der Waals surface area (Å²) in [6.45, 7) is 4.61. The highest BCUT2D eigenvalue weighted by Gasteiger charge is 2.30. The molecule has 0 rings (SSSR count). The quantitative estimate of drug-likeness (QED) is 0.0169. The average molecular weight is 1370 g/mol. The van der Waals surface area contributed by atoms with E-state index >= 15 is 0 Å². The van der Waals surface area contributed by atoms with E-state index in [1.807, 2.05) is 0 Å². The van der Waals surface area contributed by atoms with E-state index in [4.69, 9.17) is 37.0 Å². The fraction of sp³-hybridized carbons (Fsp3) is 0.760. The van der Waals surface area contributed by atoms with Gasteiger partial charge in [-0.15, -0.1) is 0 Å². The maximum absolute atomic E-state index is 13.0. The lowest BCUT2D eigenvalue weighted by Gasteiger charge is -2.21. The van der Waals surface area contributed by atoms with Gasteiger partial charge in [-0.3, -0.25) is 37.3 Å². The first-order valence-corrected chi connectivity index (χ1v) is 39.8. The van der Waals surface area contributed by atoms with Crippen LogP contribution in [0.25, 0.3) is 0 Å². The number of allylic oxidation sites excluding steroid dienone is 14. The predicted octanol–water partition coefficient (Wildman–Crippen LogP) is 20.7. The van der Waals surface area contributed by atoms with E-state index in [9.17, 15) is 43.2 Å². The van der Waals surface area contributed by atoms with Crippen LogP contribution >= 0.6 is 15.6 Å². The van der Waals surface area contributed by atoms with Crippen LogP contribution < -0.4 is 0 Å². The molecule has 5 unspecified atom stereocenters. The number of hydrogen-bond acceptors (Lipinski definition) is 15. The molecule has 0 saturated heterocycles. The van der Waals surface area contributed by atoms with Crippen molar-refractivity contribution in [2.24, 2.45) is 0 Å². The van der Waals surface area contributed by atoms with Crippen LogP contribution in [-0.4, -0.2) is 96.7 Å². The second-order valence-corrected chi connectivity index (χ2v) is 27.4. The monoisotopic (exact) mass is 1370 g/mol. The highest BCUT2D eigenvalue weighted by atomic mass is 31.2. The van der Waals surface area contributed by atoms with Gasteiger partial charge in [0, 0.05) is 25.7 Å². The lowest BCUT2D eigenvalue weighted by molar-refractivity contribution is -0.161. The van der Waals surface area contributed by atoms with Gasteiger partial charge in [-0.2, -0.15) is 0 Å². The second kappa shape index (κ2) is 67.8. The van der Waals surface area contributed by atoms with Crippen LogP contribution in [0.2, 0.25) is 0 Å². The van der Waals surface area contributed by atoms with Crippen molar-refractivity contribution in [3.05, 3.63) is 85.1 Å². The van der Waals surface area contributed by atoms with Gasteiger partial charge in [0.2, 0.25) is 0 Å². The van der Waals surface area contributed by atoms with Crippen molar-refractivity contribution in [3.8, 4) is 0 Å². The zero-order chi connectivity index (χ0) is 69.0. The minimum Gasteiger partial charge on any atom is -0.462 e. The maximum Gasteiger partial charge on any atom is 0.472 e. The summed E-state index contributed by atoms with van der Waals surface area (Å²) in [6.07, 6.45) is 67.3. The summed E-state index contributed by atoms with van der Waals surface area (Å²) in [5.41, 5.74) is 0. The molecule has 0 aliphatic heterocycles. The van der Waals surface area contributed by atoms with E-state index in [1.54, 1.807) is 0 Å². The Kier molecular flexibility index (Phi) is 65.1. The van der Waals surface area contributed by atoms with Crippen LogP contribution in [0.3, 0.4) is 0 Å². The Hall–Kier alpha value is -3.76. The topological polar surface area (TPSA) is 237 Å². The number of carbonyl (C=O) groups is 4. The molecule has 17 nitrogen and oxygen atoms in total. The standard InChI is InChI=1S/C75H132O17P2/c1-5-9-13-17-21-25-29-32-34-37-40-43-47-51-55-59-72(77)85-65-70(91-74(79)61-57-53-49-45-39-28-24-20-16-12-8-4)67-89-93(81,82)87-63-69(76)64-88-94(83,84)90-68-71(92-75(80)62-58-54-50-46-42-36-31-27-23-19-15-11-7-3)66-86-73(78)60-56-52-48-44-41-38-35-33-30-26-22-18-14-10-6-2/h10,14-15,19-20,22,24,26-27,31-35,69-71,76H,5-9,11-13,16-18,21,23,25,28-30,36-68H2,1-4H3,(H,81,82)(H,83,84)/b14-10-,19-15-,24-20-,26-22-,31-27-,34-32-,35-33-. The van der Waals surface area contributed by atoms with E-state index in [0.29, 0.717) is 25.7 Å². The normalized spacial score (nSPS) is 14.5. The number of aliphatic hydroxyl groups excluding tert-OH is 1. The van der Waals surface area contributed by atoms with Crippen molar-refractivity contribution >= 4 is 39.5 Å². The van der Waals surface area contributed by atoms with E-state index in [0.717, 1.165) is 180 Å². The molecule has 0 spiro atoms. The van der Waals surface area contributed by atoms with Crippen molar-refractivity contribution in [2.45, 2.75) is 329 Å². The third-order valence-corrected chi connectivity index (χ3v) is 17.2. The van der Waals surface area contributed by atoms with Crippen LogP contribution in [-0.2, 0) is 65.4 Å². The van der Waals surface area contributed by atoms with Crippen LogP contribution in [0.5, 0.6) is 0 Å². The smallest absolute Gasteiger partial charge is 0.462 e. The molecule has 0 aliphatic carbocycles. The van der Waals surface area contributed by atoms with Crippen LogP contribution in [0.15, 0.2) is 85.1 Å². The van der Waals surface area contributed by atoms with E-state index in [-0.39, 0.29) is 25.7 Å². The van der Waals surface area contributed by atoms with E-state index in [1.165, 1.54) is 51.4 Å². The third-order valence-electron chi connectivity index (χ3n) is 15.3. The molecule has 19 heteroatoms. The molecule has 3 N–H and O–H groups in total. The molecule has 0 fully saturated rings. The Morgan fingerprint density at radius 3 is 0.936 bits per heavy atom. The van der Waals surface area contributed by atoms with Gasteiger partial charge in [0.25, 0.3) is 0 Å². The number of phosphoric acid groups is 2. The lowest BCUT2D eigenvalue weighted by Crippen LogP contribution is -2.30. The third kappa shape index (κ3) is 66.8. The zero-order valence-electron chi connectivity index (χ0n) is 59.1. The molecule has 5 atom stereocenters. The molecular formula is C75H132O17P2. The summed E-state index contributed by atoms with van der Waals surface area (Å²) in [7, 11) is -9.95. The summed E-state index contributed by atoms with van der Waals surface area (Å²) < 4.78 is 68.3. The number of hydrogen-bond donors (Lipinski definition) is 3. The summed E-state index contributed by atoms with van der Waals surface area (Å²) >= 11 is 0. The van der Waals surface area contributed by atoms with Crippen molar-refractivity contribution < 1.29 is 80.2 Å². The van der Waals surface area contributed by atoms with E-state index < -0.39 is 97.5 Å². The van der Waals surface area contributed by atoms with Gasteiger partial charge >= 0.3 is 39.5 Å². The van der Waals surface area contributed by atoms with Gasteiger partial charge in [-0.1, -0.05) is 241 Å². The Morgan fingerprint density at radius 2 is 0.585 bits per heavy atom. The number of aliphatic hydroxyl groups is 1. The Morgan fingerprint density at radius 1 is 0.309 bits per heavy atom. The Balaban J connectivity index is 5.33. The number of carbonyl (C=O) groups excluding carboxylic acids is 4. The van der Waals surface area contributed by atoms with Crippen LogP contribution in [0.1, 0.15) is 310 Å². The summed E-state index contributed by atoms with van der Waals surface area (Å²) in [5.74, 6) is -2.22. The molecule has 0 aliphatic rings. The molecule has 0 aromatic carbocycles. The molecule has 0 saturated carbocycles. The SMILES string of the molecule is CC/C=C\C/C=C\C/C=C\CCCCCCCC(=O)OCC(COP(=O)(O)OCC(O)COP(=O)(O)OCC(COC(=O)CCCCCCC/C=C\CCCCCCCC)OC(=O)CCCCCCC/C=C\CCCC)OC(=O)CCCCCCC/C=C\C/C=C\CCC. The molecule has 0 bridgehead atoms. The molecule has 544 valence electrons. The van der Waals surface area contributed by atoms with Crippen LogP contribution in [0, 0.1) is 0 Å². The van der Waals surface area contributed by atoms with Crippen LogP contribution in [0.4, 0.5) is 0 Å². The first-order valence-electron chi connectivity index (χ1n) is 36.8. The van der Waals surface area contributed by atoms with Gasteiger partial charge in [0.05, 0.1) is 26.4 Å². The number of unbranched alkanes of at least 4 members (excludes halogenated alkanes) is 29. The molecule has 0 aromatic heterocycles. The minimum absolute atomic E-state index is 0.0751. The van der Waals surface area contributed by atoms with Gasteiger partial charge in [0.15, 0.2) is 12.2 Å². The largest absolute Gasteiger partial charge is 0.472 e. The van der Waals surface area contributed by atoms with Crippen molar-refractivity contribution in [1.82, 2.24) is 0 Å². The maximum atomic E-state index is 13.0. The highest BCUT2D eigenvalue weighted by molar-refractivity contribution is 7.47. The fourth-order valence-electron chi connectivity index (χ4n) is 9.66.